The molecule has 0 aromatic carbocycles. The van der Waals surface area contributed by atoms with Crippen LogP contribution < -0.4 is 0 Å². The van der Waals surface area contributed by atoms with Gasteiger partial charge in [0.05, 0.1) is 6.10 Å². The summed E-state index contributed by atoms with van der Waals surface area (Å²) in [5.74, 6) is -0.773. The molecule has 2 rings (SSSR count). The first-order valence-electron chi connectivity index (χ1n) is 4.78. The Morgan fingerprint density at radius 3 is 2.20 bits per heavy atom. The Hall–Kier alpha value is 0.230. The van der Waals surface area contributed by atoms with Crippen LogP contribution in [0.15, 0.2) is 0 Å². The first-order chi connectivity index (χ1) is 6.41. The van der Waals surface area contributed by atoms with Gasteiger partial charge in [0.15, 0.2) is 12.1 Å². The summed E-state index contributed by atoms with van der Waals surface area (Å²) in [7, 11) is 0. The second-order valence-electron chi connectivity index (χ2n) is 4.29. The van der Waals surface area contributed by atoms with E-state index in [9.17, 15) is 10.2 Å². The van der Waals surface area contributed by atoms with E-state index in [2.05, 4.69) is 0 Å². The Labute approximate surface area is 92.3 Å². The lowest BCUT2D eigenvalue weighted by molar-refractivity contribution is -0.252. The molecule has 15 heavy (non-hydrogen) atoms. The number of aliphatic hydroxyl groups excluding tert-OH is 2. The second kappa shape index (κ2) is 4.24. The average Bonchev–Trinajstić information content (AvgIpc) is 2.38. The third kappa shape index (κ3) is 2.33. The van der Waals surface area contributed by atoms with Crippen LogP contribution in [0.2, 0.25) is 0 Å². The standard InChI is InChI=1S/C9H16O5.H3P/c1-4-5(10)6-7(8(11)12-4)14-9(2,3)13-6;/h4-8,10-11H,1-3H3;1H3. The molecule has 2 aliphatic rings. The highest BCUT2D eigenvalue weighted by Crippen LogP contribution is 2.36. The van der Waals surface area contributed by atoms with Gasteiger partial charge in [0, 0.05) is 0 Å². The van der Waals surface area contributed by atoms with Gasteiger partial charge in [-0.2, -0.15) is 9.90 Å². The van der Waals surface area contributed by atoms with Crippen LogP contribution >= 0.6 is 9.90 Å². The fourth-order valence-electron chi connectivity index (χ4n) is 1.95. The van der Waals surface area contributed by atoms with E-state index in [-0.39, 0.29) is 9.90 Å². The molecule has 6 atom stereocenters. The highest BCUT2D eigenvalue weighted by molar-refractivity contribution is 6.92. The van der Waals surface area contributed by atoms with E-state index in [1.54, 1.807) is 20.8 Å². The number of aliphatic hydroxyl groups is 2. The van der Waals surface area contributed by atoms with Crippen molar-refractivity contribution in [2.75, 3.05) is 0 Å². The Morgan fingerprint density at radius 1 is 1.07 bits per heavy atom. The highest BCUT2D eigenvalue weighted by Gasteiger charge is 2.53. The molecule has 2 fully saturated rings. The van der Waals surface area contributed by atoms with Crippen molar-refractivity contribution in [3.05, 3.63) is 0 Å². The zero-order valence-corrected chi connectivity index (χ0v) is 10.6. The zero-order chi connectivity index (χ0) is 10.5. The van der Waals surface area contributed by atoms with Gasteiger partial charge in [0.25, 0.3) is 0 Å². The van der Waals surface area contributed by atoms with Gasteiger partial charge in [-0.3, -0.25) is 0 Å². The topological polar surface area (TPSA) is 68.2 Å². The summed E-state index contributed by atoms with van der Waals surface area (Å²) in [6.07, 6.45) is -3.34. The van der Waals surface area contributed by atoms with Gasteiger partial charge in [-0.05, 0) is 20.8 Å². The van der Waals surface area contributed by atoms with Gasteiger partial charge < -0.3 is 24.4 Å². The van der Waals surface area contributed by atoms with E-state index >= 15 is 0 Å². The first-order valence-corrected chi connectivity index (χ1v) is 4.78. The van der Waals surface area contributed by atoms with Gasteiger partial charge in [-0.1, -0.05) is 0 Å². The minimum atomic E-state index is -1.03. The van der Waals surface area contributed by atoms with Crippen molar-refractivity contribution in [1.82, 2.24) is 0 Å². The Bertz CT molecular complexity index is 235. The van der Waals surface area contributed by atoms with E-state index in [0.717, 1.165) is 0 Å². The van der Waals surface area contributed by atoms with Crippen LogP contribution in [0.3, 0.4) is 0 Å². The van der Waals surface area contributed by atoms with Crippen molar-refractivity contribution in [3.63, 3.8) is 0 Å². The van der Waals surface area contributed by atoms with Crippen LogP contribution in [0.1, 0.15) is 20.8 Å². The summed E-state index contributed by atoms with van der Waals surface area (Å²) in [4.78, 5) is 0. The Morgan fingerprint density at radius 2 is 1.60 bits per heavy atom. The molecule has 0 aromatic rings. The molecule has 6 heteroatoms. The second-order valence-corrected chi connectivity index (χ2v) is 4.29. The molecule has 0 radical (unpaired) electrons. The SMILES string of the molecule is CC1OC(O)C2OC(C)(C)OC2C1O.P. The molecule has 90 valence electrons. The van der Waals surface area contributed by atoms with Crippen LogP contribution in [0.25, 0.3) is 0 Å². The maximum Gasteiger partial charge on any atom is 0.184 e. The lowest BCUT2D eigenvalue weighted by Gasteiger charge is -2.36. The molecule has 2 N–H and O–H groups in total. The monoisotopic (exact) mass is 238 g/mol. The molecular formula is C9H19O5P. The van der Waals surface area contributed by atoms with Crippen LogP contribution in [0, 0.1) is 0 Å². The van der Waals surface area contributed by atoms with Crippen LogP contribution in [-0.2, 0) is 14.2 Å². The first kappa shape index (κ1) is 13.3. The van der Waals surface area contributed by atoms with Gasteiger partial charge in [0.1, 0.15) is 18.3 Å². The Balaban J connectivity index is 0.00000112. The maximum absolute atomic E-state index is 9.76. The highest BCUT2D eigenvalue weighted by atomic mass is 31.0. The summed E-state index contributed by atoms with van der Waals surface area (Å²) < 4.78 is 16.0. The maximum atomic E-state index is 9.76. The third-order valence-corrected chi connectivity index (χ3v) is 2.62. The van der Waals surface area contributed by atoms with E-state index < -0.39 is 36.5 Å². The number of ether oxygens (including phenoxy) is 3. The van der Waals surface area contributed by atoms with Gasteiger partial charge in [-0.15, -0.1) is 0 Å². The molecule has 0 aliphatic carbocycles. The van der Waals surface area contributed by atoms with Crippen molar-refractivity contribution < 1.29 is 24.4 Å². The van der Waals surface area contributed by atoms with E-state index in [1.807, 2.05) is 0 Å². The van der Waals surface area contributed by atoms with E-state index in [0.29, 0.717) is 0 Å². The molecule has 0 spiro atoms. The van der Waals surface area contributed by atoms with Crippen LogP contribution in [-0.4, -0.2) is 46.7 Å². The molecule has 2 saturated heterocycles. The van der Waals surface area contributed by atoms with Gasteiger partial charge >= 0.3 is 0 Å². The third-order valence-electron chi connectivity index (χ3n) is 2.62. The van der Waals surface area contributed by atoms with Crippen molar-refractivity contribution in [3.8, 4) is 0 Å². The average molecular weight is 238 g/mol. The lowest BCUT2D eigenvalue weighted by atomic mass is 10.0. The predicted molar refractivity (Wildman–Crippen MR) is 57.5 cm³/mol. The van der Waals surface area contributed by atoms with Crippen molar-refractivity contribution in [2.24, 2.45) is 0 Å². The summed E-state index contributed by atoms with van der Waals surface area (Å²) in [6.45, 7) is 5.18. The van der Waals surface area contributed by atoms with Crippen LogP contribution in [0.4, 0.5) is 0 Å². The summed E-state index contributed by atoms with van der Waals surface area (Å²) in [5.41, 5.74) is 0. The minimum absolute atomic E-state index is 0. The molecule has 0 amide bonds. The summed E-state index contributed by atoms with van der Waals surface area (Å²) in [6, 6.07) is 0. The molecule has 2 heterocycles. The van der Waals surface area contributed by atoms with E-state index in [4.69, 9.17) is 14.2 Å². The lowest BCUT2D eigenvalue weighted by Crippen LogP contribution is -2.55. The minimum Gasteiger partial charge on any atom is -0.388 e. The van der Waals surface area contributed by atoms with E-state index in [1.165, 1.54) is 0 Å². The van der Waals surface area contributed by atoms with Crippen molar-refractivity contribution in [1.29, 1.82) is 0 Å². The quantitative estimate of drug-likeness (QED) is 0.565. The molecule has 0 aromatic heterocycles. The summed E-state index contributed by atoms with van der Waals surface area (Å²) >= 11 is 0. The van der Waals surface area contributed by atoms with Crippen molar-refractivity contribution in [2.45, 2.75) is 57.3 Å². The molecular weight excluding hydrogens is 219 g/mol. The number of fused-ring (bicyclic) bond motifs is 1. The van der Waals surface area contributed by atoms with Gasteiger partial charge in [-0.25, -0.2) is 0 Å². The number of rotatable bonds is 0. The summed E-state index contributed by atoms with van der Waals surface area (Å²) in [5, 5.41) is 19.3. The Kier molecular flexibility index (Phi) is 3.76. The van der Waals surface area contributed by atoms with Crippen LogP contribution in [0.5, 0.6) is 0 Å². The largest absolute Gasteiger partial charge is 0.388 e. The number of hydrogen-bond acceptors (Lipinski definition) is 5. The molecule has 6 unspecified atom stereocenters. The van der Waals surface area contributed by atoms with Crippen molar-refractivity contribution >= 4 is 9.90 Å². The van der Waals surface area contributed by atoms with Gasteiger partial charge in [0.2, 0.25) is 0 Å². The molecule has 5 nitrogen and oxygen atoms in total. The molecule has 0 saturated carbocycles. The smallest absolute Gasteiger partial charge is 0.184 e. The fourth-order valence-corrected chi connectivity index (χ4v) is 1.95. The normalized spacial score (nSPS) is 48.2. The fraction of sp³-hybridized carbons (Fsp3) is 1.00. The zero-order valence-electron chi connectivity index (χ0n) is 9.21. The predicted octanol–water partition coefficient (Wildman–Crippen LogP) is -0.337. The number of hydrogen-bond donors (Lipinski definition) is 2. The molecule has 2 aliphatic heterocycles. The molecule has 0 bridgehead atoms.